The molecule has 0 aromatic heterocycles. The van der Waals surface area contributed by atoms with Crippen molar-refractivity contribution in [3.8, 4) is 0 Å². The summed E-state index contributed by atoms with van der Waals surface area (Å²) >= 11 is 1.96. The van der Waals surface area contributed by atoms with Gasteiger partial charge in [0.2, 0.25) is 5.91 Å². The first-order valence-electron chi connectivity index (χ1n) is 5.85. The Kier molecular flexibility index (Phi) is 3.55. The van der Waals surface area contributed by atoms with Crippen molar-refractivity contribution in [2.45, 2.75) is 32.4 Å². The smallest absolute Gasteiger partial charge is 0.252 e. The van der Waals surface area contributed by atoms with Crippen LogP contribution >= 0.6 is 22.6 Å². The summed E-state index contributed by atoms with van der Waals surface area (Å²) in [5, 5.41) is 2.68. The van der Waals surface area contributed by atoms with Gasteiger partial charge in [-0.15, -0.1) is 0 Å². The van der Waals surface area contributed by atoms with Gasteiger partial charge in [0, 0.05) is 3.57 Å². The van der Waals surface area contributed by atoms with Crippen LogP contribution in [0.25, 0.3) is 0 Å². The van der Waals surface area contributed by atoms with Gasteiger partial charge < -0.3 is 5.32 Å². The van der Waals surface area contributed by atoms with E-state index in [-0.39, 0.29) is 17.6 Å². The highest BCUT2D eigenvalue weighted by Gasteiger charge is 2.44. The highest BCUT2D eigenvalue weighted by atomic mass is 127. The zero-order valence-electron chi connectivity index (χ0n) is 10.8. The predicted molar refractivity (Wildman–Crippen MR) is 78.3 cm³/mol. The third-order valence-corrected chi connectivity index (χ3v) is 3.99. The number of nitrogens with one attached hydrogen (secondary N) is 1. The average Bonchev–Trinajstić information content (AvgIpc) is 2.29. The van der Waals surface area contributed by atoms with Crippen LogP contribution < -0.4 is 10.2 Å². The van der Waals surface area contributed by atoms with Crippen molar-refractivity contribution in [1.82, 2.24) is 5.32 Å². The van der Waals surface area contributed by atoms with Gasteiger partial charge in [0.25, 0.3) is 5.91 Å². The van der Waals surface area contributed by atoms with Gasteiger partial charge in [-0.2, -0.15) is 0 Å². The molecular weight excluding hydrogens is 362 g/mol. The summed E-state index contributed by atoms with van der Waals surface area (Å²) in [5.74, 6) is -0.789. The topological polar surface area (TPSA) is 49.4 Å². The Morgan fingerprint density at radius 3 is 2.58 bits per heavy atom. The minimum absolute atomic E-state index is 0.205. The Morgan fingerprint density at radius 1 is 1.37 bits per heavy atom. The molecule has 1 N–H and O–H groups in total. The van der Waals surface area contributed by atoms with Crippen LogP contribution in [0.1, 0.15) is 20.8 Å². The van der Waals surface area contributed by atoms with E-state index in [0.717, 1.165) is 0 Å². The molecule has 0 spiro atoms. The van der Waals surface area contributed by atoms with Crippen molar-refractivity contribution in [2.75, 3.05) is 4.90 Å². The van der Waals surface area contributed by atoms with Gasteiger partial charge in [-0.05, 0) is 61.6 Å². The number of hydrogen-bond donors (Lipinski definition) is 1. The second-order valence-corrected chi connectivity index (χ2v) is 6.22. The van der Waals surface area contributed by atoms with E-state index in [9.17, 15) is 14.0 Å². The highest BCUT2D eigenvalue weighted by molar-refractivity contribution is 14.1. The zero-order chi connectivity index (χ0) is 14.4. The fraction of sp³-hybridized carbons (Fsp3) is 0.385. The first-order valence-corrected chi connectivity index (χ1v) is 6.92. The van der Waals surface area contributed by atoms with Crippen LogP contribution in [0.15, 0.2) is 18.2 Å². The summed E-state index contributed by atoms with van der Waals surface area (Å²) in [6.45, 7) is 4.97. The average molecular weight is 376 g/mol. The summed E-state index contributed by atoms with van der Waals surface area (Å²) in [6, 6.07) is 3.55. The van der Waals surface area contributed by atoms with Crippen molar-refractivity contribution in [2.24, 2.45) is 0 Å². The molecule has 1 atom stereocenters. The minimum Gasteiger partial charge on any atom is -0.340 e. The third-order valence-electron chi connectivity index (χ3n) is 3.13. The second-order valence-electron chi connectivity index (χ2n) is 5.06. The molecular formula is C13H14FIN2O2. The summed E-state index contributed by atoms with van der Waals surface area (Å²) in [7, 11) is 0. The molecule has 1 aliphatic rings. The van der Waals surface area contributed by atoms with E-state index in [4.69, 9.17) is 0 Å². The first-order chi connectivity index (χ1) is 8.74. The maximum Gasteiger partial charge on any atom is 0.252 e. The van der Waals surface area contributed by atoms with Crippen LogP contribution in [0.4, 0.5) is 10.1 Å². The van der Waals surface area contributed by atoms with E-state index < -0.39 is 11.6 Å². The third kappa shape index (κ3) is 2.45. The molecule has 1 aromatic rings. The Bertz CT molecular complexity index is 560. The molecule has 0 bridgehead atoms. The fourth-order valence-electron chi connectivity index (χ4n) is 2.05. The number of nitrogens with zero attached hydrogens (tertiary/aromatic N) is 1. The van der Waals surface area contributed by atoms with E-state index in [1.165, 1.54) is 23.1 Å². The number of anilines is 1. The molecule has 2 amide bonds. The summed E-state index contributed by atoms with van der Waals surface area (Å²) < 4.78 is 13.8. The quantitative estimate of drug-likeness (QED) is 0.763. The van der Waals surface area contributed by atoms with E-state index in [2.05, 4.69) is 5.32 Å². The molecule has 0 saturated carbocycles. The first kappa shape index (κ1) is 14.2. The molecule has 1 aromatic carbocycles. The second kappa shape index (κ2) is 4.73. The molecule has 2 rings (SSSR count). The van der Waals surface area contributed by atoms with Gasteiger partial charge in [0.1, 0.15) is 17.4 Å². The SMILES string of the molecule is CC1C(=O)NC(C)(C)C(=O)N1c1ccc(F)cc1I. The molecule has 19 heavy (non-hydrogen) atoms. The number of piperazine rings is 1. The Morgan fingerprint density at radius 2 is 2.00 bits per heavy atom. The molecule has 1 saturated heterocycles. The van der Waals surface area contributed by atoms with E-state index in [0.29, 0.717) is 9.26 Å². The maximum absolute atomic E-state index is 13.2. The summed E-state index contributed by atoms with van der Waals surface area (Å²) in [4.78, 5) is 25.8. The van der Waals surface area contributed by atoms with Gasteiger partial charge >= 0.3 is 0 Å². The number of rotatable bonds is 1. The molecule has 0 aliphatic carbocycles. The molecule has 4 nitrogen and oxygen atoms in total. The van der Waals surface area contributed by atoms with Crippen LogP contribution in [0, 0.1) is 9.39 Å². The Balaban J connectivity index is 2.51. The van der Waals surface area contributed by atoms with Crippen molar-refractivity contribution in [3.63, 3.8) is 0 Å². The van der Waals surface area contributed by atoms with Crippen LogP contribution in [0.3, 0.4) is 0 Å². The van der Waals surface area contributed by atoms with Crippen LogP contribution in [-0.2, 0) is 9.59 Å². The lowest BCUT2D eigenvalue weighted by atomic mass is 9.96. The van der Waals surface area contributed by atoms with Gasteiger partial charge in [0.15, 0.2) is 0 Å². The van der Waals surface area contributed by atoms with Crippen molar-refractivity contribution in [1.29, 1.82) is 0 Å². The summed E-state index contributed by atoms with van der Waals surface area (Å²) in [6.07, 6.45) is 0. The standard InChI is InChI=1S/C13H14FIN2O2/c1-7-11(18)16-13(2,3)12(19)17(7)10-5-4-8(14)6-9(10)15/h4-7H,1-3H3,(H,16,18). The molecule has 1 heterocycles. The maximum atomic E-state index is 13.2. The molecule has 1 fully saturated rings. The molecule has 6 heteroatoms. The Hall–Kier alpha value is -1.18. The van der Waals surface area contributed by atoms with Crippen molar-refractivity contribution < 1.29 is 14.0 Å². The van der Waals surface area contributed by atoms with E-state index in [1.54, 1.807) is 20.8 Å². The number of amides is 2. The van der Waals surface area contributed by atoms with E-state index >= 15 is 0 Å². The zero-order valence-corrected chi connectivity index (χ0v) is 13.0. The predicted octanol–water partition coefficient (Wildman–Crippen LogP) is 2.06. The number of carbonyl (C=O) groups is 2. The number of carbonyl (C=O) groups excluding carboxylic acids is 2. The van der Waals surface area contributed by atoms with Crippen LogP contribution in [0.2, 0.25) is 0 Å². The number of halogens is 2. The fourth-order valence-corrected chi connectivity index (χ4v) is 2.79. The number of hydrogen-bond acceptors (Lipinski definition) is 2. The van der Waals surface area contributed by atoms with Crippen molar-refractivity contribution >= 4 is 40.1 Å². The van der Waals surface area contributed by atoms with Gasteiger partial charge in [-0.3, -0.25) is 14.5 Å². The largest absolute Gasteiger partial charge is 0.340 e. The lowest BCUT2D eigenvalue weighted by molar-refractivity contribution is -0.136. The molecule has 1 aliphatic heterocycles. The normalized spacial score (nSPS) is 22.4. The lowest BCUT2D eigenvalue weighted by Crippen LogP contribution is -2.67. The van der Waals surface area contributed by atoms with Gasteiger partial charge in [-0.1, -0.05) is 0 Å². The molecule has 102 valence electrons. The Labute approximate surface area is 124 Å². The van der Waals surface area contributed by atoms with Crippen LogP contribution in [-0.4, -0.2) is 23.4 Å². The number of benzene rings is 1. The van der Waals surface area contributed by atoms with Gasteiger partial charge in [-0.25, -0.2) is 4.39 Å². The van der Waals surface area contributed by atoms with E-state index in [1.807, 2.05) is 22.6 Å². The lowest BCUT2D eigenvalue weighted by Gasteiger charge is -2.41. The van der Waals surface area contributed by atoms with Crippen LogP contribution in [0.5, 0.6) is 0 Å². The monoisotopic (exact) mass is 376 g/mol. The minimum atomic E-state index is -0.957. The molecule has 1 unspecified atom stereocenters. The van der Waals surface area contributed by atoms with Crippen molar-refractivity contribution in [3.05, 3.63) is 27.6 Å². The summed E-state index contributed by atoms with van der Waals surface area (Å²) in [5.41, 5.74) is -0.399. The van der Waals surface area contributed by atoms with Gasteiger partial charge in [0.05, 0.1) is 5.69 Å². The highest BCUT2D eigenvalue weighted by Crippen LogP contribution is 2.29. The molecule has 0 radical (unpaired) electrons.